The Hall–Kier alpha value is -3.71. The lowest BCUT2D eigenvalue weighted by molar-refractivity contribution is 0.0254. The van der Waals surface area contributed by atoms with Gasteiger partial charge in [-0.1, -0.05) is 6.07 Å². The fraction of sp³-hybridized carbons (Fsp3) is 0.393. The molecular weight excluding hydrogens is 468 g/mol. The van der Waals surface area contributed by atoms with Gasteiger partial charge in [0.25, 0.3) is 0 Å². The fourth-order valence-electron chi connectivity index (χ4n) is 4.71. The molecule has 9 nitrogen and oxygen atoms in total. The molecule has 2 aliphatic rings. The van der Waals surface area contributed by atoms with Crippen molar-refractivity contribution in [1.82, 2.24) is 14.9 Å². The molecule has 2 N–H and O–H groups in total. The number of β-amino-alcohol motifs (C(OH)–C–C–N with tert-alkyl or cyclic N) is 1. The molecule has 9 heteroatoms. The maximum absolute atomic E-state index is 9.73. The summed E-state index contributed by atoms with van der Waals surface area (Å²) >= 11 is 0. The van der Waals surface area contributed by atoms with Crippen molar-refractivity contribution in [3.8, 4) is 23.1 Å². The molecular formula is C28H32N6O3. The van der Waals surface area contributed by atoms with Gasteiger partial charge in [0, 0.05) is 68.7 Å². The van der Waals surface area contributed by atoms with E-state index in [-0.39, 0.29) is 12.7 Å². The molecule has 2 aromatic carbocycles. The van der Waals surface area contributed by atoms with Crippen molar-refractivity contribution < 1.29 is 14.6 Å². The number of benzene rings is 2. The van der Waals surface area contributed by atoms with Crippen molar-refractivity contribution in [2.45, 2.75) is 18.9 Å². The lowest BCUT2D eigenvalue weighted by Gasteiger charge is -2.35. The second kappa shape index (κ2) is 12.0. The van der Waals surface area contributed by atoms with E-state index >= 15 is 0 Å². The maximum Gasteiger partial charge on any atom is 0.227 e. The Labute approximate surface area is 217 Å². The molecule has 0 spiro atoms. The van der Waals surface area contributed by atoms with Crippen molar-refractivity contribution in [1.29, 1.82) is 5.26 Å². The molecule has 3 aromatic rings. The predicted octanol–water partition coefficient (Wildman–Crippen LogP) is 3.43. The van der Waals surface area contributed by atoms with Crippen LogP contribution in [0.3, 0.4) is 0 Å². The summed E-state index contributed by atoms with van der Waals surface area (Å²) < 4.78 is 11.5. The minimum Gasteiger partial charge on any atom is -0.489 e. The van der Waals surface area contributed by atoms with Crippen molar-refractivity contribution in [2.24, 2.45) is 0 Å². The molecule has 192 valence electrons. The third-order valence-corrected chi connectivity index (χ3v) is 6.77. The van der Waals surface area contributed by atoms with Crippen LogP contribution in [0.2, 0.25) is 0 Å². The quantitative estimate of drug-likeness (QED) is 0.481. The Morgan fingerprint density at radius 3 is 2.70 bits per heavy atom. The maximum atomic E-state index is 9.73. The Balaban J connectivity index is 1.27. The van der Waals surface area contributed by atoms with E-state index in [1.165, 1.54) is 0 Å². The van der Waals surface area contributed by atoms with E-state index in [4.69, 9.17) is 14.5 Å². The number of anilines is 3. The molecule has 0 saturated carbocycles. The van der Waals surface area contributed by atoms with Gasteiger partial charge in [-0.25, -0.2) is 9.97 Å². The molecule has 0 aliphatic carbocycles. The summed E-state index contributed by atoms with van der Waals surface area (Å²) in [5.41, 5.74) is 4.09. The van der Waals surface area contributed by atoms with Crippen LogP contribution in [0.25, 0.3) is 11.3 Å². The number of hydrogen-bond donors (Lipinski definition) is 2. The van der Waals surface area contributed by atoms with Gasteiger partial charge in [-0.2, -0.15) is 5.26 Å². The first-order valence-electron chi connectivity index (χ1n) is 12.8. The molecule has 0 unspecified atom stereocenters. The lowest BCUT2D eigenvalue weighted by Crippen LogP contribution is -2.47. The predicted molar refractivity (Wildman–Crippen MR) is 142 cm³/mol. The number of ether oxygens (including phenoxy) is 2. The van der Waals surface area contributed by atoms with Gasteiger partial charge in [0.15, 0.2) is 0 Å². The van der Waals surface area contributed by atoms with Crippen LogP contribution in [-0.2, 0) is 4.74 Å². The van der Waals surface area contributed by atoms with Crippen molar-refractivity contribution in [2.75, 3.05) is 62.8 Å². The van der Waals surface area contributed by atoms with Gasteiger partial charge in [-0.05, 0) is 42.5 Å². The van der Waals surface area contributed by atoms with Gasteiger partial charge >= 0.3 is 0 Å². The topological polar surface area (TPSA) is 107 Å². The zero-order valence-electron chi connectivity index (χ0n) is 20.8. The highest BCUT2D eigenvalue weighted by molar-refractivity contribution is 5.67. The minimum absolute atomic E-state index is 0.0710. The van der Waals surface area contributed by atoms with Crippen LogP contribution in [0.5, 0.6) is 5.75 Å². The van der Waals surface area contributed by atoms with E-state index in [2.05, 4.69) is 38.3 Å². The van der Waals surface area contributed by atoms with Crippen LogP contribution in [0.15, 0.2) is 54.7 Å². The number of nitrogens with zero attached hydrogens (tertiary/aromatic N) is 5. The molecule has 2 aliphatic heterocycles. The summed E-state index contributed by atoms with van der Waals surface area (Å²) in [4.78, 5) is 13.7. The van der Waals surface area contributed by atoms with Crippen LogP contribution in [0.1, 0.15) is 18.4 Å². The van der Waals surface area contributed by atoms with Gasteiger partial charge < -0.3 is 24.8 Å². The average Bonchev–Trinajstić information content (AvgIpc) is 2.95. The summed E-state index contributed by atoms with van der Waals surface area (Å²) in [6, 6.07) is 17.9. The van der Waals surface area contributed by atoms with Gasteiger partial charge in [0.2, 0.25) is 5.95 Å². The zero-order chi connectivity index (χ0) is 25.5. The minimum atomic E-state index is 0.0710. The van der Waals surface area contributed by atoms with Crippen LogP contribution in [0, 0.1) is 11.3 Å². The summed E-state index contributed by atoms with van der Waals surface area (Å²) in [5.74, 6) is 1.09. The average molecular weight is 501 g/mol. The van der Waals surface area contributed by atoms with Crippen molar-refractivity contribution in [3.05, 3.63) is 60.3 Å². The summed E-state index contributed by atoms with van der Waals surface area (Å²) in [6.45, 7) is 6.02. The fourth-order valence-corrected chi connectivity index (χ4v) is 4.71. The number of aliphatic hydroxyl groups excluding tert-OH is 1. The molecule has 0 amide bonds. The first-order valence-corrected chi connectivity index (χ1v) is 12.8. The molecule has 0 bridgehead atoms. The van der Waals surface area contributed by atoms with Crippen LogP contribution >= 0.6 is 0 Å². The Bertz CT molecular complexity index is 1230. The van der Waals surface area contributed by atoms with Crippen LogP contribution < -0.4 is 15.0 Å². The number of aliphatic hydroxyl groups is 1. The lowest BCUT2D eigenvalue weighted by atomic mass is 10.1. The Kier molecular flexibility index (Phi) is 8.11. The molecule has 3 heterocycles. The number of aromatic nitrogens is 2. The molecule has 0 atom stereocenters. The van der Waals surface area contributed by atoms with E-state index in [0.717, 1.165) is 68.2 Å². The summed E-state index contributed by atoms with van der Waals surface area (Å²) in [5, 5.41) is 22.2. The normalized spacial score (nSPS) is 16.8. The monoisotopic (exact) mass is 500 g/mol. The number of piperazine rings is 1. The zero-order valence-corrected chi connectivity index (χ0v) is 20.8. The second-order valence-corrected chi connectivity index (χ2v) is 9.25. The first-order chi connectivity index (χ1) is 18.2. The largest absolute Gasteiger partial charge is 0.489 e. The van der Waals surface area contributed by atoms with Crippen molar-refractivity contribution in [3.63, 3.8) is 0 Å². The smallest absolute Gasteiger partial charge is 0.227 e. The number of rotatable bonds is 8. The summed E-state index contributed by atoms with van der Waals surface area (Å²) in [7, 11) is 0. The van der Waals surface area contributed by atoms with Gasteiger partial charge in [-0.15, -0.1) is 0 Å². The van der Waals surface area contributed by atoms with E-state index in [9.17, 15) is 10.4 Å². The number of nitriles is 1. The van der Waals surface area contributed by atoms with Crippen molar-refractivity contribution >= 4 is 17.3 Å². The third kappa shape index (κ3) is 6.35. The highest BCUT2D eigenvalue weighted by Gasteiger charge is 2.19. The first kappa shape index (κ1) is 25.0. The van der Waals surface area contributed by atoms with E-state index in [1.54, 1.807) is 6.20 Å². The standard InChI is InChI=1S/C28H32N6O3/c29-20-22-18-21(4-5-27(22)37-25-7-16-36-17-8-25)26-6-9-30-28(32-26)31-23-2-1-3-24(19-23)34-12-10-33(11-13-34)14-15-35/h1-6,9,18-19,25,35H,7-8,10-17H2,(H,30,31,32). The summed E-state index contributed by atoms with van der Waals surface area (Å²) in [6.07, 6.45) is 3.44. The van der Waals surface area contributed by atoms with E-state index < -0.39 is 0 Å². The highest BCUT2D eigenvalue weighted by Crippen LogP contribution is 2.29. The molecule has 0 radical (unpaired) electrons. The number of hydrogen-bond acceptors (Lipinski definition) is 9. The molecule has 1 aromatic heterocycles. The van der Waals surface area contributed by atoms with Gasteiger partial charge in [-0.3, -0.25) is 4.90 Å². The van der Waals surface area contributed by atoms with Crippen LogP contribution in [-0.4, -0.2) is 78.6 Å². The SMILES string of the molecule is N#Cc1cc(-c2ccnc(Nc3cccc(N4CCN(CCO)CC4)c3)n2)ccc1OC1CCOCC1. The second-order valence-electron chi connectivity index (χ2n) is 9.25. The number of nitrogens with one attached hydrogen (secondary N) is 1. The van der Waals surface area contributed by atoms with Gasteiger partial charge in [0.1, 0.15) is 17.9 Å². The van der Waals surface area contributed by atoms with E-state index in [1.807, 2.05) is 36.4 Å². The molecule has 2 saturated heterocycles. The Morgan fingerprint density at radius 2 is 1.92 bits per heavy atom. The Morgan fingerprint density at radius 1 is 1.08 bits per heavy atom. The molecule has 37 heavy (non-hydrogen) atoms. The third-order valence-electron chi connectivity index (χ3n) is 6.77. The molecule has 5 rings (SSSR count). The van der Waals surface area contributed by atoms with Crippen LogP contribution in [0.4, 0.5) is 17.3 Å². The van der Waals surface area contributed by atoms with Gasteiger partial charge in [0.05, 0.1) is 31.1 Å². The highest BCUT2D eigenvalue weighted by atomic mass is 16.5. The van der Waals surface area contributed by atoms with E-state index in [0.29, 0.717) is 30.5 Å². The molecule has 2 fully saturated rings.